The van der Waals surface area contributed by atoms with E-state index in [0.29, 0.717) is 24.5 Å². The largest absolute Gasteiger partial charge is 0.472 e. The lowest BCUT2D eigenvalue weighted by Crippen LogP contribution is -2.49. The molecule has 7 heteroatoms. The van der Waals surface area contributed by atoms with Crippen LogP contribution in [0.2, 0.25) is 0 Å². The molecule has 1 aliphatic rings. The van der Waals surface area contributed by atoms with Crippen LogP contribution in [0.3, 0.4) is 0 Å². The van der Waals surface area contributed by atoms with Gasteiger partial charge in [0.1, 0.15) is 11.7 Å². The summed E-state index contributed by atoms with van der Waals surface area (Å²) in [7, 11) is 3.99. The van der Waals surface area contributed by atoms with Crippen LogP contribution in [-0.4, -0.2) is 76.7 Å². The zero-order valence-corrected chi connectivity index (χ0v) is 16.9. The lowest BCUT2D eigenvalue weighted by Gasteiger charge is -2.37. The highest BCUT2D eigenvalue weighted by molar-refractivity contribution is 5.98. The van der Waals surface area contributed by atoms with Crippen molar-refractivity contribution in [3.8, 4) is 17.0 Å². The van der Waals surface area contributed by atoms with E-state index in [2.05, 4.69) is 21.8 Å². The molecule has 7 nitrogen and oxygen atoms in total. The summed E-state index contributed by atoms with van der Waals surface area (Å²) in [6, 6.07) is 5.29. The number of likely N-dealkylation sites (N-methyl/N-ethyl adjacent to an activating group) is 1. The number of hydrogen-bond donors (Lipinski definition) is 1. The number of aliphatic hydroxyl groups excluding tert-OH is 1. The second kappa shape index (κ2) is 8.67. The van der Waals surface area contributed by atoms with Crippen molar-refractivity contribution in [1.82, 2.24) is 19.8 Å². The molecule has 0 radical (unpaired) electrons. The molecule has 150 valence electrons. The topological polar surface area (TPSA) is 78.8 Å². The Labute approximate surface area is 166 Å². The molecular formula is C21H28N4O3. The van der Waals surface area contributed by atoms with Crippen LogP contribution in [0.5, 0.6) is 5.88 Å². The molecule has 3 rings (SSSR count). The summed E-state index contributed by atoms with van der Waals surface area (Å²) in [6.07, 6.45) is 5.02. The maximum Gasteiger partial charge on any atom is 0.259 e. The van der Waals surface area contributed by atoms with Crippen molar-refractivity contribution in [1.29, 1.82) is 0 Å². The third-order valence-electron chi connectivity index (χ3n) is 5.08. The Bertz CT molecular complexity index is 813. The Morgan fingerprint density at radius 3 is 2.68 bits per heavy atom. The summed E-state index contributed by atoms with van der Waals surface area (Å²) in [5.41, 5.74) is 2.18. The molecule has 0 fully saturated rings. The van der Waals surface area contributed by atoms with Gasteiger partial charge in [0.25, 0.3) is 5.91 Å². The number of carbonyl (C=O) groups excluding carboxylic acids is 1. The minimum Gasteiger partial charge on any atom is -0.472 e. The predicted octanol–water partition coefficient (Wildman–Crippen LogP) is 1.93. The van der Waals surface area contributed by atoms with Crippen LogP contribution < -0.4 is 4.74 Å². The highest BCUT2D eigenvalue weighted by atomic mass is 16.5. The minimum absolute atomic E-state index is 0.0928. The number of ether oxygens (including phenoxy) is 1. The number of nitrogens with zero attached hydrogens (tertiary/aromatic N) is 4. The molecule has 28 heavy (non-hydrogen) atoms. The SMILES string of the molecule is C[C@@H]1CN([C@H](C)CO)C(=O)c2cc(-c3ccncc3)cnc2O[C@H]1CN(C)C. The average molecular weight is 384 g/mol. The number of hydrogen-bond acceptors (Lipinski definition) is 6. The van der Waals surface area contributed by atoms with E-state index >= 15 is 0 Å². The van der Waals surface area contributed by atoms with Crippen molar-refractivity contribution in [2.24, 2.45) is 5.92 Å². The van der Waals surface area contributed by atoms with Gasteiger partial charge in [-0.15, -0.1) is 0 Å². The first kappa shape index (κ1) is 20.2. The highest BCUT2D eigenvalue weighted by Crippen LogP contribution is 2.30. The van der Waals surface area contributed by atoms with E-state index in [4.69, 9.17) is 4.74 Å². The molecule has 0 bridgehead atoms. The van der Waals surface area contributed by atoms with Gasteiger partial charge >= 0.3 is 0 Å². The van der Waals surface area contributed by atoms with Crippen LogP contribution in [0.25, 0.3) is 11.1 Å². The minimum atomic E-state index is -0.287. The van der Waals surface area contributed by atoms with Gasteiger partial charge in [-0.3, -0.25) is 9.78 Å². The van der Waals surface area contributed by atoms with Crippen LogP contribution in [0.15, 0.2) is 36.8 Å². The third-order valence-corrected chi connectivity index (χ3v) is 5.08. The summed E-state index contributed by atoms with van der Waals surface area (Å²) < 4.78 is 6.21. The van der Waals surface area contributed by atoms with Crippen molar-refractivity contribution < 1.29 is 14.6 Å². The normalized spacial score (nSPS) is 20.9. The van der Waals surface area contributed by atoms with E-state index < -0.39 is 0 Å². The van der Waals surface area contributed by atoms with Crippen LogP contribution in [-0.2, 0) is 0 Å². The lowest BCUT2D eigenvalue weighted by atomic mass is 9.99. The molecule has 2 aromatic heterocycles. The fraction of sp³-hybridized carbons (Fsp3) is 0.476. The summed E-state index contributed by atoms with van der Waals surface area (Å²) in [4.78, 5) is 25.6. The van der Waals surface area contributed by atoms with Gasteiger partial charge in [-0.05, 0) is 44.8 Å². The van der Waals surface area contributed by atoms with Gasteiger partial charge in [-0.25, -0.2) is 4.98 Å². The molecule has 2 aromatic rings. The van der Waals surface area contributed by atoms with Crippen molar-refractivity contribution in [2.45, 2.75) is 26.0 Å². The van der Waals surface area contributed by atoms with Gasteiger partial charge in [-0.1, -0.05) is 6.92 Å². The van der Waals surface area contributed by atoms with Crippen LogP contribution in [0.1, 0.15) is 24.2 Å². The Morgan fingerprint density at radius 1 is 1.32 bits per heavy atom. The maximum atomic E-state index is 13.3. The van der Waals surface area contributed by atoms with Crippen molar-refractivity contribution >= 4 is 5.91 Å². The van der Waals surface area contributed by atoms with Gasteiger partial charge in [0.05, 0.1) is 12.6 Å². The van der Waals surface area contributed by atoms with Gasteiger partial charge in [0.15, 0.2) is 0 Å². The van der Waals surface area contributed by atoms with E-state index in [1.54, 1.807) is 23.5 Å². The molecule has 0 saturated heterocycles. The zero-order valence-electron chi connectivity index (χ0n) is 16.9. The number of aliphatic hydroxyl groups is 1. The second-order valence-electron chi connectivity index (χ2n) is 7.70. The summed E-state index contributed by atoms with van der Waals surface area (Å²) >= 11 is 0. The zero-order chi connectivity index (χ0) is 20.3. The second-order valence-corrected chi connectivity index (χ2v) is 7.70. The Hall–Kier alpha value is -2.51. The predicted molar refractivity (Wildman–Crippen MR) is 107 cm³/mol. The standard InChI is InChI=1S/C21H28N4O3/c1-14-11-25(15(2)13-26)21(27)18-9-17(16-5-7-22-8-6-16)10-23-20(18)28-19(14)12-24(3)4/h5-10,14-15,19,26H,11-13H2,1-4H3/t14-,15-,19+/m1/s1. The average Bonchev–Trinajstić information content (AvgIpc) is 2.70. The Morgan fingerprint density at radius 2 is 2.04 bits per heavy atom. The van der Waals surface area contributed by atoms with E-state index in [1.165, 1.54) is 0 Å². The molecule has 1 N–H and O–H groups in total. The van der Waals surface area contributed by atoms with E-state index in [1.807, 2.05) is 39.2 Å². The molecular weight excluding hydrogens is 356 g/mol. The highest BCUT2D eigenvalue weighted by Gasteiger charge is 2.33. The van der Waals surface area contributed by atoms with Gasteiger partial charge in [0, 0.05) is 43.2 Å². The fourth-order valence-electron chi connectivity index (χ4n) is 3.38. The summed E-state index contributed by atoms with van der Waals surface area (Å²) in [6.45, 7) is 5.05. The number of carbonyl (C=O) groups is 1. The maximum absolute atomic E-state index is 13.3. The van der Waals surface area contributed by atoms with Gasteiger partial charge in [0.2, 0.25) is 5.88 Å². The first-order valence-electron chi connectivity index (χ1n) is 9.54. The van der Waals surface area contributed by atoms with E-state index in [9.17, 15) is 9.90 Å². The Kier molecular flexibility index (Phi) is 6.26. The molecule has 3 heterocycles. The fourth-order valence-corrected chi connectivity index (χ4v) is 3.38. The third kappa shape index (κ3) is 4.31. The molecule has 3 atom stereocenters. The number of rotatable bonds is 5. The molecule has 0 aromatic carbocycles. The van der Waals surface area contributed by atoms with Crippen LogP contribution in [0, 0.1) is 5.92 Å². The first-order chi connectivity index (χ1) is 13.4. The number of fused-ring (bicyclic) bond motifs is 1. The first-order valence-corrected chi connectivity index (χ1v) is 9.54. The van der Waals surface area contributed by atoms with Gasteiger partial charge in [-0.2, -0.15) is 0 Å². The Balaban J connectivity index is 2.06. The molecule has 0 aliphatic carbocycles. The lowest BCUT2D eigenvalue weighted by molar-refractivity contribution is 0.0348. The van der Waals surface area contributed by atoms with Gasteiger partial charge < -0.3 is 19.6 Å². The quantitative estimate of drug-likeness (QED) is 0.849. The molecule has 0 unspecified atom stereocenters. The van der Waals surface area contributed by atoms with E-state index in [-0.39, 0.29) is 30.6 Å². The summed E-state index contributed by atoms with van der Waals surface area (Å²) in [5, 5.41) is 9.69. The molecule has 1 aliphatic heterocycles. The summed E-state index contributed by atoms with van der Waals surface area (Å²) in [5.74, 6) is 0.265. The van der Waals surface area contributed by atoms with E-state index in [0.717, 1.165) is 11.1 Å². The molecule has 0 saturated carbocycles. The number of amides is 1. The number of aromatic nitrogens is 2. The van der Waals surface area contributed by atoms with Crippen molar-refractivity contribution in [3.63, 3.8) is 0 Å². The van der Waals surface area contributed by atoms with Crippen molar-refractivity contribution in [2.75, 3.05) is 33.8 Å². The van der Waals surface area contributed by atoms with Crippen LogP contribution >= 0.6 is 0 Å². The monoisotopic (exact) mass is 384 g/mol. The smallest absolute Gasteiger partial charge is 0.259 e. The van der Waals surface area contributed by atoms with Crippen LogP contribution in [0.4, 0.5) is 0 Å². The van der Waals surface area contributed by atoms with Crippen molar-refractivity contribution in [3.05, 3.63) is 42.4 Å². The number of pyridine rings is 2. The molecule has 0 spiro atoms. The molecule has 1 amide bonds.